The van der Waals surface area contributed by atoms with Gasteiger partial charge in [-0.15, -0.1) is 0 Å². The molecular formula is C24H37N3O6. The van der Waals surface area contributed by atoms with E-state index >= 15 is 0 Å². The lowest BCUT2D eigenvalue weighted by molar-refractivity contribution is -0.141. The predicted molar refractivity (Wildman–Crippen MR) is 121 cm³/mol. The number of rotatable bonds is 6. The van der Waals surface area contributed by atoms with Gasteiger partial charge < -0.3 is 19.9 Å². The molecule has 2 N–H and O–H groups in total. The summed E-state index contributed by atoms with van der Waals surface area (Å²) in [6, 6.07) is -0.806. The van der Waals surface area contributed by atoms with Gasteiger partial charge in [-0.05, 0) is 37.0 Å². The maximum atomic E-state index is 13.1. The van der Waals surface area contributed by atoms with E-state index in [4.69, 9.17) is 9.26 Å². The molecule has 2 heterocycles. The van der Waals surface area contributed by atoms with Crippen LogP contribution in [-0.2, 0) is 32.0 Å². The van der Waals surface area contributed by atoms with Crippen LogP contribution in [0.5, 0.6) is 0 Å². The van der Waals surface area contributed by atoms with Gasteiger partial charge in [0.25, 0.3) is 5.91 Å². The third-order valence-electron chi connectivity index (χ3n) is 5.56. The molecule has 184 valence electrons. The smallest absolute Gasteiger partial charge is 0.407 e. The van der Waals surface area contributed by atoms with E-state index in [2.05, 4.69) is 15.8 Å². The van der Waals surface area contributed by atoms with Crippen LogP contribution >= 0.6 is 0 Å². The number of ether oxygens (including phenoxy) is 1. The summed E-state index contributed by atoms with van der Waals surface area (Å²) in [5, 5.41) is 9.14. The van der Waals surface area contributed by atoms with Crippen LogP contribution in [0.25, 0.3) is 0 Å². The van der Waals surface area contributed by atoms with Gasteiger partial charge in [0.1, 0.15) is 5.76 Å². The van der Waals surface area contributed by atoms with Crippen molar-refractivity contribution in [2.24, 2.45) is 17.3 Å². The van der Waals surface area contributed by atoms with E-state index in [1.807, 2.05) is 34.6 Å². The number of amides is 2. The SMILES string of the molecule is CC(C)C(NC(=O)OCC(C)(C)C)C(=O)CC1CCCc2cnoc2CCCNC(=O)C1=O. The van der Waals surface area contributed by atoms with Crippen molar-refractivity contribution in [3.8, 4) is 0 Å². The minimum atomic E-state index is -0.806. The fraction of sp³-hybridized carbons (Fsp3) is 0.708. The summed E-state index contributed by atoms with van der Waals surface area (Å²) in [6.45, 7) is 9.99. The number of nitrogens with zero attached hydrogens (tertiary/aromatic N) is 1. The lowest BCUT2D eigenvalue weighted by atomic mass is 9.86. The summed E-state index contributed by atoms with van der Waals surface area (Å²) in [5.41, 5.74) is 0.787. The molecule has 9 heteroatoms. The lowest BCUT2D eigenvalue weighted by Crippen LogP contribution is -2.46. The molecule has 0 radical (unpaired) electrons. The van der Waals surface area contributed by atoms with Crippen molar-refractivity contribution in [1.82, 2.24) is 15.8 Å². The maximum Gasteiger partial charge on any atom is 0.407 e. The summed E-state index contributed by atoms with van der Waals surface area (Å²) in [4.78, 5) is 50.5. The molecule has 0 aliphatic carbocycles. The van der Waals surface area contributed by atoms with Crippen LogP contribution in [0.4, 0.5) is 4.79 Å². The molecule has 0 aromatic carbocycles. The van der Waals surface area contributed by atoms with E-state index in [0.29, 0.717) is 38.6 Å². The maximum absolute atomic E-state index is 13.1. The average Bonchev–Trinajstić information content (AvgIpc) is 3.17. The standard InChI is InChI=1S/C24H37N3O6/c1-15(2)20(27-23(31)32-14-24(3,4)5)18(28)12-16-8-6-9-17-13-26-33-19(17)10-7-11-25-22(30)21(16)29/h13,15-16,20H,6-12,14H2,1-5H3,(H,25,30)(H,27,31). The minimum absolute atomic E-state index is 0.120. The Morgan fingerprint density at radius 2 is 1.97 bits per heavy atom. The number of carbonyl (C=O) groups is 4. The van der Waals surface area contributed by atoms with Gasteiger partial charge in [-0.25, -0.2) is 4.79 Å². The predicted octanol–water partition coefficient (Wildman–Crippen LogP) is 3.00. The topological polar surface area (TPSA) is 128 Å². The van der Waals surface area contributed by atoms with Crippen LogP contribution < -0.4 is 10.6 Å². The van der Waals surface area contributed by atoms with E-state index in [1.54, 1.807) is 6.20 Å². The van der Waals surface area contributed by atoms with Crippen molar-refractivity contribution in [3.05, 3.63) is 17.5 Å². The number of ketones is 2. The van der Waals surface area contributed by atoms with Gasteiger partial charge in [0.2, 0.25) is 5.78 Å². The fourth-order valence-corrected chi connectivity index (χ4v) is 3.72. The Balaban J connectivity index is 2.07. The third kappa shape index (κ3) is 8.63. The number of Topliss-reactive ketones (excluding diaryl/α,β-unsaturated/α-hetero) is 2. The highest BCUT2D eigenvalue weighted by atomic mass is 16.5. The van der Waals surface area contributed by atoms with Crippen molar-refractivity contribution >= 4 is 23.6 Å². The molecule has 0 saturated heterocycles. The Kier molecular flexibility index (Phi) is 9.61. The summed E-state index contributed by atoms with van der Waals surface area (Å²) in [6.07, 6.45) is 3.80. The highest BCUT2D eigenvalue weighted by Gasteiger charge is 2.32. The second-order valence-electron chi connectivity index (χ2n) is 10.3. The van der Waals surface area contributed by atoms with Crippen molar-refractivity contribution in [3.63, 3.8) is 0 Å². The first-order valence-corrected chi connectivity index (χ1v) is 11.7. The van der Waals surface area contributed by atoms with E-state index in [9.17, 15) is 19.2 Å². The molecule has 0 saturated carbocycles. The minimum Gasteiger partial charge on any atom is -0.449 e. The lowest BCUT2D eigenvalue weighted by Gasteiger charge is -2.24. The van der Waals surface area contributed by atoms with Crippen molar-refractivity contribution < 1.29 is 28.4 Å². The number of aryl methyl sites for hydroxylation is 2. The second kappa shape index (κ2) is 12.0. The molecule has 1 aromatic heterocycles. The molecule has 0 bridgehead atoms. The highest BCUT2D eigenvalue weighted by molar-refractivity contribution is 6.37. The van der Waals surface area contributed by atoms with E-state index in [-0.39, 0.29) is 30.1 Å². The van der Waals surface area contributed by atoms with Gasteiger partial charge in [-0.2, -0.15) is 0 Å². The highest BCUT2D eigenvalue weighted by Crippen LogP contribution is 2.21. The molecule has 2 atom stereocenters. The van der Waals surface area contributed by atoms with Crippen LogP contribution in [0.15, 0.2) is 10.7 Å². The zero-order chi connectivity index (χ0) is 24.6. The normalized spacial score (nSPS) is 19.0. The number of nitrogens with one attached hydrogen (secondary N) is 2. The van der Waals surface area contributed by atoms with Gasteiger partial charge in [-0.3, -0.25) is 14.4 Å². The van der Waals surface area contributed by atoms with Crippen LogP contribution in [-0.4, -0.2) is 47.9 Å². The van der Waals surface area contributed by atoms with Crippen molar-refractivity contribution in [2.75, 3.05) is 13.2 Å². The quantitative estimate of drug-likeness (QED) is 0.621. The molecule has 1 aliphatic heterocycles. The second-order valence-corrected chi connectivity index (χ2v) is 10.3. The van der Waals surface area contributed by atoms with Crippen LogP contribution in [0.2, 0.25) is 0 Å². The van der Waals surface area contributed by atoms with Gasteiger partial charge in [0, 0.05) is 30.9 Å². The molecule has 0 spiro atoms. The number of hydrogen-bond donors (Lipinski definition) is 2. The third-order valence-corrected chi connectivity index (χ3v) is 5.56. The van der Waals surface area contributed by atoms with Gasteiger partial charge in [0.05, 0.1) is 18.8 Å². The number of fused-ring (bicyclic) bond motifs is 1. The molecule has 2 amide bonds. The summed E-state index contributed by atoms with van der Waals surface area (Å²) in [7, 11) is 0. The number of carbonyl (C=O) groups excluding carboxylic acids is 4. The van der Waals surface area contributed by atoms with Gasteiger partial charge in [0.15, 0.2) is 5.78 Å². The molecule has 0 fully saturated rings. The Morgan fingerprint density at radius 3 is 2.64 bits per heavy atom. The Hall–Kier alpha value is -2.71. The Morgan fingerprint density at radius 1 is 1.24 bits per heavy atom. The summed E-state index contributed by atoms with van der Waals surface area (Å²) in [5.74, 6) is -1.72. The van der Waals surface area contributed by atoms with Crippen LogP contribution in [0, 0.1) is 17.3 Å². The van der Waals surface area contributed by atoms with Crippen LogP contribution in [0.1, 0.15) is 71.6 Å². The average molecular weight is 464 g/mol. The zero-order valence-corrected chi connectivity index (χ0v) is 20.4. The van der Waals surface area contributed by atoms with E-state index < -0.39 is 29.7 Å². The largest absolute Gasteiger partial charge is 0.449 e. The molecule has 1 aromatic rings. The van der Waals surface area contributed by atoms with Gasteiger partial charge in [-0.1, -0.05) is 39.8 Å². The molecule has 33 heavy (non-hydrogen) atoms. The van der Waals surface area contributed by atoms with Gasteiger partial charge >= 0.3 is 6.09 Å². The first-order chi connectivity index (χ1) is 15.5. The monoisotopic (exact) mass is 463 g/mol. The molecule has 2 rings (SSSR count). The first kappa shape index (κ1) is 26.5. The van der Waals surface area contributed by atoms with Crippen LogP contribution in [0.3, 0.4) is 0 Å². The summed E-state index contributed by atoms with van der Waals surface area (Å²) >= 11 is 0. The Labute approximate surface area is 195 Å². The summed E-state index contributed by atoms with van der Waals surface area (Å²) < 4.78 is 10.5. The van der Waals surface area contributed by atoms with Crippen molar-refractivity contribution in [1.29, 1.82) is 0 Å². The number of aromatic nitrogens is 1. The molecule has 1 aliphatic rings. The first-order valence-electron chi connectivity index (χ1n) is 11.7. The molecule has 2 unspecified atom stereocenters. The fourth-order valence-electron chi connectivity index (χ4n) is 3.72. The molecular weight excluding hydrogens is 426 g/mol. The van der Waals surface area contributed by atoms with Crippen molar-refractivity contribution in [2.45, 2.75) is 79.2 Å². The van der Waals surface area contributed by atoms with E-state index in [1.165, 1.54) is 0 Å². The number of hydrogen-bond acceptors (Lipinski definition) is 7. The molecule has 9 nitrogen and oxygen atoms in total. The zero-order valence-electron chi connectivity index (χ0n) is 20.4. The Bertz CT molecular complexity index is 839. The van der Waals surface area contributed by atoms with E-state index in [0.717, 1.165) is 11.3 Å². The number of alkyl carbamates (subject to hydrolysis) is 1.